The van der Waals surface area contributed by atoms with Gasteiger partial charge < -0.3 is 11.5 Å². The third-order valence-electron chi connectivity index (χ3n) is 4.06. The largest absolute Gasteiger partial charge is 0.459 e. The normalized spacial score (nSPS) is 11.6. The van der Waals surface area contributed by atoms with Gasteiger partial charge in [-0.25, -0.2) is 0 Å². The molecule has 0 aliphatic rings. The van der Waals surface area contributed by atoms with Crippen molar-refractivity contribution in [3.8, 4) is 0 Å². The van der Waals surface area contributed by atoms with Crippen LogP contribution in [0, 0.1) is 40.5 Å². The van der Waals surface area contributed by atoms with E-state index in [1.54, 1.807) is 0 Å². The van der Waals surface area contributed by atoms with Gasteiger partial charge in [-0.1, -0.05) is 0 Å². The van der Waals surface area contributed by atoms with Crippen LogP contribution in [0.4, 0.5) is 0 Å². The molecule has 4 N–H and O–H groups in total. The van der Waals surface area contributed by atoms with E-state index >= 15 is 0 Å². The van der Waals surface area contributed by atoms with Gasteiger partial charge in [-0.3, -0.25) is 50.0 Å². The van der Waals surface area contributed by atoms with Crippen LogP contribution >= 0.6 is 0 Å². The minimum absolute atomic E-state index is 0.665. The van der Waals surface area contributed by atoms with Crippen LogP contribution in [0.25, 0.3) is 0 Å². The van der Waals surface area contributed by atoms with Gasteiger partial charge in [0.15, 0.2) is 0 Å². The van der Waals surface area contributed by atoms with Gasteiger partial charge in [0.2, 0.25) is 11.8 Å². The minimum Gasteiger partial charge on any atom is -0.370 e. The molecule has 16 heteroatoms. The van der Waals surface area contributed by atoms with Crippen molar-refractivity contribution in [2.24, 2.45) is 11.5 Å². The van der Waals surface area contributed by atoms with Gasteiger partial charge in [0.25, 0.3) is 0 Å². The summed E-state index contributed by atoms with van der Waals surface area (Å²) in [4.78, 5) is 61.3. The Labute approximate surface area is 150 Å². The van der Waals surface area contributed by atoms with Crippen molar-refractivity contribution in [3.05, 3.63) is 40.5 Å². The molecule has 0 bridgehead atoms. The van der Waals surface area contributed by atoms with Gasteiger partial charge in [0.1, 0.15) is 0 Å². The van der Waals surface area contributed by atoms with E-state index < -0.39 is 87.8 Å². The molecule has 0 heterocycles. The highest BCUT2D eigenvalue weighted by Crippen LogP contribution is 2.30. The molecule has 0 aromatic heterocycles. The molecule has 0 spiro atoms. The van der Waals surface area contributed by atoms with E-state index in [0.29, 0.717) is 0 Å². The van der Waals surface area contributed by atoms with E-state index in [4.69, 9.17) is 11.5 Å². The predicted octanol–water partition coefficient (Wildman–Crippen LogP) is -0.813. The summed E-state index contributed by atoms with van der Waals surface area (Å²) in [6.07, 6.45) is -5.65. The van der Waals surface area contributed by atoms with Crippen LogP contribution in [0.3, 0.4) is 0 Å². The molecule has 16 nitrogen and oxygen atoms in total. The van der Waals surface area contributed by atoms with Gasteiger partial charge in [-0.15, -0.1) is 0 Å². The second-order valence-corrected chi connectivity index (χ2v) is 5.78. The van der Waals surface area contributed by atoms with Gasteiger partial charge >= 0.3 is 11.3 Å². The van der Waals surface area contributed by atoms with Crippen molar-refractivity contribution in [3.63, 3.8) is 0 Å². The zero-order chi connectivity index (χ0) is 21.4. The number of carbonyl (C=O) groups excluding carboxylic acids is 2. The Morgan fingerprint density at radius 3 is 1.07 bits per heavy atom. The van der Waals surface area contributed by atoms with Crippen molar-refractivity contribution >= 4 is 11.8 Å². The quantitative estimate of drug-likeness (QED) is 0.210. The molecule has 2 amide bonds. The fourth-order valence-electron chi connectivity index (χ4n) is 2.42. The minimum atomic E-state index is -2.88. The maximum Gasteiger partial charge on any atom is 0.459 e. The SMILES string of the molecule is NC(=O)CCC(CCCC(CCC(N)=O)([N+](=O)[O-])[N+](=O)[O-])([N+](=O)[O-])[N+](=O)[O-]. The van der Waals surface area contributed by atoms with Crippen LogP contribution in [0.15, 0.2) is 0 Å². The Bertz CT molecular complexity index is 568. The van der Waals surface area contributed by atoms with Crippen molar-refractivity contribution in [2.45, 2.75) is 56.3 Å². The highest BCUT2D eigenvalue weighted by atomic mass is 16.7. The maximum atomic E-state index is 11.2. The van der Waals surface area contributed by atoms with Crippen molar-refractivity contribution < 1.29 is 29.3 Å². The number of rotatable bonds is 14. The zero-order valence-electron chi connectivity index (χ0n) is 14.0. The lowest BCUT2D eigenvalue weighted by molar-refractivity contribution is -0.804. The number of primary amides is 2. The first-order valence-corrected chi connectivity index (χ1v) is 7.46. The first kappa shape index (κ1) is 23.5. The number of nitrogens with two attached hydrogens (primary N) is 2. The zero-order valence-corrected chi connectivity index (χ0v) is 14.0. The molecule has 152 valence electrons. The Kier molecular flexibility index (Phi) is 8.11. The van der Waals surface area contributed by atoms with Crippen LogP contribution in [-0.4, -0.2) is 42.8 Å². The van der Waals surface area contributed by atoms with E-state index in [0.717, 1.165) is 0 Å². The van der Waals surface area contributed by atoms with E-state index in [2.05, 4.69) is 0 Å². The Morgan fingerprint density at radius 1 is 0.630 bits per heavy atom. The molecule has 0 aliphatic heterocycles. The fraction of sp³-hybridized carbons (Fsp3) is 0.818. The summed E-state index contributed by atoms with van der Waals surface area (Å²) in [5, 5.41) is 44.8. The van der Waals surface area contributed by atoms with E-state index in [-0.39, 0.29) is 0 Å². The first-order valence-electron chi connectivity index (χ1n) is 7.46. The highest BCUT2D eigenvalue weighted by molar-refractivity contribution is 5.74. The van der Waals surface area contributed by atoms with Gasteiger partial charge in [0.05, 0.1) is 45.4 Å². The van der Waals surface area contributed by atoms with Gasteiger partial charge in [0, 0.05) is 12.8 Å². The highest BCUT2D eigenvalue weighted by Gasteiger charge is 2.59. The standard InChI is InChI=1S/C11H18N6O10/c12-8(18)2-6-10(14(20)21,15(22)23)4-1-5-11(16(24)25,17(26)27)7-3-9(13)19/h1-7H2,(H2,12,18)(H2,13,19). The third-order valence-corrected chi connectivity index (χ3v) is 4.06. The first-order chi connectivity index (χ1) is 12.3. The molecule has 0 aliphatic carbocycles. The number of hydrogen-bond acceptors (Lipinski definition) is 10. The molecule has 0 aromatic rings. The summed E-state index contributed by atoms with van der Waals surface area (Å²) < 4.78 is 0. The second kappa shape index (κ2) is 9.30. The van der Waals surface area contributed by atoms with Crippen LogP contribution in [0.2, 0.25) is 0 Å². The molecular weight excluding hydrogens is 376 g/mol. The smallest absolute Gasteiger partial charge is 0.370 e. The third kappa shape index (κ3) is 5.79. The Balaban J connectivity index is 5.53. The van der Waals surface area contributed by atoms with Crippen LogP contribution < -0.4 is 11.5 Å². The van der Waals surface area contributed by atoms with Crippen molar-refractivity contribution in [1.29, 1.82) is 0 Å². The average Bonchev–Trinajstić information content (AvgIpc) is 2.51. The molecule has 27 heavy (non-hydrogen) atoms. The summed E-state index contributed by atoms with van der Waals surface area (Å²) >= 11 is 0. The molecule has 0 saturated heterocycles. The Morgan fingerprint density at radius 2 is 0.889 bits per heavy atom. The molecule has 0 unspecified atom stereocenters. The van der Waals surface area contributed by atoms with E-state index in [1.807, 2.05) is 0 Å². The molecular formula is C11H18N6O10. The topological polar surface area (TPSA) is 259 Å². The van der Waals surface area contributed by atoms with Crippen LogP contribution in [-0.2, 0) is 9.59 Å². The average molecular weight is 394 g/mol. The summed E-state index contributed by atoms with van der Waals surface area (Å²) in [5.74, 6) is -2.07. The predicted molar refractivity (Wildman–Crippen MR) is 84.1 cm³/mol. The molecule has 0 saturated carbocycles. The lowest BCUT2D eigenvalue weighted by atomic mass is 9.92. The molecule has 0 fully saturated rings. The monoisotopic (exact) mass is 394 g/mol. The summed E-state index contributed by atoms with van der Waals surface area (Å²) in [7, 11) is 0. The van der Waals surface area contributed by atoms with E-state index in [1.165, 1.54) is 0 Å². The van der Waals surface area contributed by atoms with Crippen molar-refractivity contribution in [2.75, 3.05) is 0 Å². The number of nitrogens with zero attached hydrogens (tertiary/aromatic N) is 4. The fourth-order valence-corrected chi connectivity index (χ4v) is 2.42. The second-order valence-electron chi connectivity index (χ2n) is 5.78. The lowest BCUT2D eigenvalue weighted by Crippen LogP contribution is -2.49. The Hall–Kier alpha value is -3.46. The summed E-state index contributed by atoms with van der Waals surface area (Å²) in [6.45, 7) is 0. The number of hydrogen-bond donors (Lipinski definition) is 2. The number of amides is 2. The lowest BCUT2D eigenvalue weighted by Gasteiger charge is -2.19. The van der Waals surface area contributed by atoms with E-state index in [9.17, 15) is 50.0 Å². The van der Waals surface area contributed by atoms with Crippen LogP contribution in [0.1, 0.15) is 44.9 Å². The molecule has 0 rings (SSSR count). The van der Waals surface area contributed by atoms with Crippen LogP contribution in [0.5, 0.6) is 0 Å². The molecule has 0 radical (unpaired) electrons. The summed E-state index contributed by atoms with van der Waals surface area (Å²) in [5.41, 5.74) is 3.92. The molecule has 0 aromatic carbocycles. The van der Waals surface area contributed by atoms with Crippen molar-refractivity contribution in [1.82, 2.24) is 0 Å². The summed E-state index contributed by atoms with van der Waals surface area (Å²) in [6, 6.07) is 0. The number of nitro groups is 4. The van der Waals surface area contributed by atoms with Gasteiger partial charge in [-0.2, -0.15) is 0 Å². The van der Waals surface area contributed by atoms with Gasteiger partial charge in [-0.05, 0) is 6.42 Å². The number of carbonyl (C=O) groups is 2. The maximum absolute atomic E-state index is 11.2. The molecule has 0 atom stereocenters.